The van der Waals surface area contributed by atoms with Gasteiger partial charge in [-0.25, -0.2) is 4.98 Å². The average Bonchev–Trinajstić information content (AvgIpc) is 2.86. The van der Waals surface area contributed by atoms with Gasteiger partial charge in [0.05, 0.1) is 30.9 Å². The quantitative estimate of drug-likeness (QED) is 0.860. The van der Waals surface area contributed by atoms with Crippen LogP contribution in [0.25, 0.3) is 5.65 Å². The van der Waals surface area contributed by atoms with Crippen LogP contribution in [0, 0.1) is 6.92 Å². The van der Waals surface area contributed by atoms with Crippen molar-refractivity contribution in [3.63, 3.8) is 0 Å². The van der Waals surface area contributed by atoms with E-state index in [-0.39, 0.29) is 18.4 Å². The number of aliphatic hydroxyl groups excluding tert-OH is 1. The van der Waals surface area contributed by atoms with Crippen LogP contribution >= 0.6 is 0 Å². The molecular formula is C15H19N3O3. The highest BCUT2D eigenvalue weighted by Crippen LogP contribution is 2.12. The Morgan fingerprint density at radius 3 is 3.29 bits per heavy atom. The zero-order valence-electron chi connectivity index (χ0n) is 12.0. The number of aryl methyl sites for hydroxylation is 1. The molecule has 0 unspecified atom stereocenters. The van der Waals surface area contributed by atoms with E-state index >= 15 is 0 Å². The number of carbonyl (C=O) groups excluding carboxylic acids is 1. The van der Waals surface area contributed by atoms with Gasteiger partial charge in [0.25, 0.3) is 0 Å². The normalized spacial score (nSPS) is 22.4. The third-order valence-electron chi connectivity index (χ3n) is 3.82. The zero-order valence-corrected chi connectivity index (χ0v) is 12.0. The number of imidazole rings is 1. The van der Waals surface area contributed by atoms with Crippen molar-refractivity contribution in [1.82, 2.24) is 14.7 Å². The molecule has 2 atom stereocenters. The molecule has 0 aliphatic carbocycles. The molecule has 3 rings (SSSR count). The van der Waals surface area contributed by atoms with Crippen molar-refractivity contribution in [2.75, 3.05) is 13.2 Å². The van der Waals surface area contributed by atoms with Gasteiger partial charge in [-0.1, -0.05) is 6.07 Å². The number of hydrogen-bond acceptors (Lipinski definition) is 4. The van der Waals surface area contributed by atoms with E-state index in [4.69, 9.17) is 4.74 Å². The molecule has 0 spiro atoms. The van der Waals surface area contributed by atoms with Crippen LogP contribution in [0.1, 0.15) is 17.7 Å². The van der Waals surface area contributed by atoms with Gasteiger partial charge in [0.15, 0.2) is 0 Å². The van der Waals surface area contributed by atoms with Crippen LogP contribution in [0.3, 0.4) is 0 Å². The highest BCUT2D eigenvalue weighted by molar-refractivity contribution is 5.78. The van der Waals surface area contributed by atoms with Crippen molar-refractivity contribution in [1.29, 1.82) is 0 Å². The van der Waals surface area contributed by atoms with E-state index in [9.17, 15) is 9.90 Å². The molecule has 21 heavy (non-hydrogen) atoms. The number of fused-ring (bicyclic) bond motifs is 1. The standard InChI is InChI=1S/C15H19N3O3/c1-10-3-2-5-18-11(8-16-15(10)18)7-14(20)17-12-9-21-6-4-13(12)19/h2-3,5,8,12-13,19H,4,6-7,9H2,1H3,(H,17,20)/t12-,13-/m1/s1. The van der Waals surface area contributed by atoms with E-state index in [2.05, 4.69) is 10.3 Å². The van der Waals surface area contributed by atoms with Crippen molar-refractivity contribution in [2.24, 2.45) is 0 Å². The SMILES string of the molecule is Cc1cccn2c(CC(=O)N[C@@H]3COCC[C@H]3O)cnc12. The van der Waals surface area contributed by atoms with Gasteiger partial charge in [-0.05, 0) is 25.0 Å². The lowest BCUT2D eigenvalue weighted by atomic mass is 10.1. The molecule has 2 N–H and O–H groups in total. The van der Waals surface area contributed by atoms with E-state index in [1.165, 1.54) is 0 Å². The van der Waals surface area contributed by atoms with Crippen molar-refractivity contribution in [3.05, 3.63) is 35.8 Å². The number of nitrogens with one attached hydrogen (secondary N) is 1. The summed E-state index contributed by atoms with van der Waals surface area (Å²) in [7, 11) is 0. The number of ether oxygens (including phenoxy) is 1. The Balaban J connectivity index is 1.70. The highest BCUT2D eigenvalue weighted by atomic mass is 16.5. The maximum absolute atomic E-state index is 12.1. The fourth-order valence-electron chi connectivity index (χ4n) is 2.62. The average molecular weight is 289 g/mol. The summed E-state index contributed by atoms with van der Waals surface area (Å²) in [6, 6.07) is 3.60. The molecule has 3 heterocycles. The van der Waals surface area contributed by atoms with Gasteiger partial charge < -0.3 is 19.6 Å². The fourth-order valence-corrected chi connectivity index (χ4v) is 2.62. The summed E-state index contributed by atoms with van der Waals surface area (Å²) in [5.74, 6) is -0.132. The largest absolute Gasteiger partial charge is 0.391 e. The van der Waals surface area contributed by atoms with Gasteiger partial charge in [-0.15, -0.1) is 0 Å². The summed E-state index contributed by atoms with van der Waals surface area (Å²) >= 11 is 0. The third kappa shape index (κ3) is 2.91. The van der Waals surface area contributed by atoms with Crippen LogP contribution in [0.2, 0.25) is 0 Å². The monoisotopic (exact) mass is 289 g/mol. The number of aliphatic hydroxyl groups is 1. The summed E-state index contributed by atoms with van der Waals surface area (Å²) in [5.41, 5.74) is 2.76. The Hall–Kier alpha value is -1.92. The van der Waals surface area contributed by atoms with Crippen LogP contribution < -0.4 is 5.32 Å². The van der Waals surface area contributed by atoms with Crippen LogP contribution in [-0.2, 0) is 16.0 Å². The molecule has 6 heteroatoms. The summed E-state index contributed by atoms with van der Waals surface area (Å²) in [6.45, 7) is 2.89. The molecule has 0 saturated carbocycles. The minimum absolute atomic E-state index is 0.132. The molecule has 2 aromatic heterocycles. The lowest BCUT2D eigenvalue weighted by molar-refractivity contribution is -0.124. The number of pyridine rings is 1. The van der Waals surface area contributed by atoms with Crippen LogP contribution in [0.4, 0.5) is 0 Å². The van der Waals surface area contributed by atoms with Crippen molar-refractivity contribution in [2.45, 2.75) is 31.9 Å². The molecule has 0 bridgehead atoms. The van der Waals surface area contributed by atoms with Gasteiger partial charge in [0.2, 0.25) is 5.91 Å². The first kappa shape index (κ1) is 14.0. The van der Waals surface area contributed by atoms with Gasteiger partial charge in [0, 0.05) is 19.0 Å². The Morgan fingerprint density at radius 1 is 1.62 bits per heavy atom. The fraction of sp³-hybridized carbons (Fsp3) is 0.467. The summed E-state index contributed by atoms with van der Waals surface area (Å²) in [4.78, 5) is 16.5. The van der Waals surface area contributed by atoms with Crippen molar-refractivity contribution >= 4 is 11.6 Å². The predicted octanol–water partition coefficient (Wildman–Crippen LogP) is 0.451. The van der Waals surface area contributed by atoms with Crippen molar-refractivity contribution < 1.29 is 14.6 Å². The number of carbonyl (C=O) groups is 1. The zero-order chi connectivity index (χ0) is 14.8. The molecule has 1 amide bonds. The first-order valence-electron chi connectivity index (χ1n) is 7.12. The molecule has 1 saturated heterocycles. The molecule has 1 fully saturated rings. The molecule has 0 radical (unpaired) electrons. The topological polar surface area (TPSA) is 75.9 Å². The summed E-state index contributed by atoms with van der Waals surface area (Å²) in [6.07, 6.45) is 3.87. The molecule has 0 aromatic carbocycles. The molecule has 2 aromatic rings. The minimum Gasteiger partial charge on any atom is -0.391 e. The second-order valence-electron chi connectivity index (χ2n) is 5.42. The van der Waals surface area contributed by atoms with Gasteiger partial charge in [-0.2, -0.15) is 0 Å². The lowest BCUT2D eigenvalue weighted by Crippen LogP contribution is -2.49. The Kier molecular flexibility index (Phi) is 3.90. The Bertz CT molecular complexity index is 653. The predicted molar refractivity (Wildman–Crippen MR) is 77.0 cm³/mol. The Morgan fingerprint density at radius 2 is 2.48 bits per heavy atom. The summed E-state index contributed by atoms with van der Waals surface area (Å²) in [5, 5.41) is 12.7. The van der Waals surface area contributed by atoms with Gasteiger partial charge in [0.1, 0.15) is 5.65 Å². The van der Waals surface area contributed by atoms with E-state index < -0.39 is 6.10 Å². The second-order valence-corrected chi connectivity index (χ2v) is 5.42. The Labute approximate surface area is 122 Å². The maximum atomic E-state index is 12.1. The minimum atomic E-state index is -0.535. The van der Waals surface area contributed by atoms with E-state index in [1.54, 1.807) is 6.20 Å². The van der Waals surface area contributed by atoms with E-state index in [0.29, 0.717) is 19.6 Å². The number of aromatic nitrogens is 2. The van der Waals surface area contributed by atoms with Crippen LogP contribution in [0.15, 0.2) is 24.5 Å². The first-order chi connectivity index (χ1) is 10.1. The van der Waals surface area contributed by atoms with E-state index in [1.807, 2.05) is 29.7 Å². The molecular weight excluding hydrogens is 270 g/mol. The van der Waals surface area contributed by atoms with Crippen molar-refractivity contribution in [3.8, 4) is 0 Å². The smallest absolute Gasteiger partial charge is 0.226 e. The lowest BCUT2D eigenvalue weighted by Gasteiger charge is -2.28. The van der Waals surface area contributed by atoms with E-state index in [0.717, 1.165) is 16.9 Å². The van der Waals surface area contributed by atoms with Crippen LogP contribution in [-0.4, -0.2) is 45.8 Å². The van der Waals surface area contributed by atoms with Gasteiger partial charge in [-0.3, -0.25) is 4.79 Å². The van der Waals surface area contributed by atoms with Gasteiger partial charge >= 0.3 is 0 Å². The van der Waals surface area contributed by atoms with Crippen LogP contribution in [0.5, 0.6) is 0 Å². The first-order valence-corrected chi connectivity index (χ1v) is 7.12. The second kappa shape index (κ2) is 5.83. The number of amides is 1. The third-order valence-corrected chi connectivity index (χ3v) is 3.82. The summed E-state index contributed by atoms with van der Waals surface area (Å²) < 4.78 is 7.20. The number of rotatable bonds is 3. The number of nitrogens with zero attached hydrogens (tertiary/aromatic N) is 2. The number of hydrogen-bond donors (Lipinski definition) is 2. The highest BCUT2D eigenvalue weighted by Gasteiger charge is 2.25. The molecule has 6 nitrogen and oxygen atoms in total. The molecule has 1 aliphatic rings. The molecule has 1 aliphatic heterocycles. The maximum Gasteiger partial charge on any atom is 0.226 e. The molecule has 112 valence electrons.